The van der Waals surface area contributed by atoms with Crippen molar-refractivity contribution in [3.8, 4) is 11.5 Å². The minimum atomic E-state index is 0.215. The van der Waals surface area contributed by atoms with E-state index in [2.05, 4.69) is 11.4 Å². The maximum Gasteiger partial charge on any atom is 0.161 e. The number of ether oxygens (including phenoxy) is 4. The van der Waals surface area contributed by atoms with Crippen LogP contribution in [0.5, 0.6) is 11.5 Å². The van der Waals surface area contributed by atoms with Crippen LogP contribution in [-0.2, 0) is 16.0 Å². The number of nitrogens with one attached hydrogen (secondary N) is 1. The van der Waals surface area contributed by atoms with Gasteiger partial charge in [0.1, 0.15) is 6.61 Å². The smallest absolute Gasteiger partial charge is 0.161 e. The molecule has 1 aromatic carbocycles. The van der Waals surface area contributed by atoms with Gasteiger partial charge in [-0.05, 0) is 43.4 Å². The lowest BCUT2D eigenvalue weighted by Gasteiger charge is -2.15. The molecule has 0 aromatic heterocycles. The Morgan fingerprint density at radius 3 is 2.57 bits per heavy atom. The van der Waals surface area contributed by atoms with Crippen LogP contribution in [0.2, 0.25) is 0 Å². The molecule has 0 aliphatic carbocycles. The van der Waals surface area contributed by atoms with Gasteiger partial charge in [0, 0.05) is 26.3 Å². The van der Waals surface area contributed by atoms with E-state index >= 15 is 0 Å². The van der Waals surface area contributed by atoms with E-state index in [1.807, 2.05) is 12.1 Å². The summed E-state index contributed by atoms with van der Waals surface area (Å²) in [7, 11) is 1.68. The third-order valence-corrected chi connectivity index (χ3v) is 4.40. The molecule has 2 fully saturated rings. The standard InChI is InChI=1S/C18H27NO4/c1-20-18-10-14(11-19-12-15-4-2-8-21-15)6-7-17(18)23-13-16-5-3-9-22-16/h6-7,10,15-16,19H,2-5,8-9,11-13H2,1H3. The quantitative estimate of drug-likeness (QED) is 0.797. The number of methoxy groups -OCH3 is 1. The average molecular weight is 321 g/mol. The Labute approximate surface area is 138 Å². The lowest BCUT2D eigenvalue weighted by Crippen LogP contribution is -2.25. The first kappa shape index (κ1) is 16.6. The van der Waals surface area contributed by atoms with Crippen LogP contribution in [0.25, 0.3) is 0 Å². The highest BCUT2D eigenvalue weighted by molar-refractivity contribution is 5.43. The van der Waals surface area contributed by atoms with Gasteiger partial charge in [0.2, 0.25) is 0 Å². The number of hydrogen-bond donors (Lipinski definition) is 1. The summed E-state index contributed by atoms with van der Waals surface area (Å²) in [4.78, 5) is 0. The largest absolute Gasteiger partial charge is 0.493 e. The van der Waals surface area contributed by atoms with Crippen molar-refractivity contribution in [1.29, 1.82) is 0 Å². The zero-order valence-electron chi connectivity index (χ0n) is 13.9. The maximum absolute atomic E-state index is 5.86. The molecular weight excluding hydrogens is 294 g/mol. The molecule has 5 nitrogen and oxygen atoms in total. The van der Waals surface area contributed by atoms with Crippen LogP contribution in [0.15, 0.2) is 18.2 Å². The van der Waals surface area contributed by atoms with Crippen molar-refractivity contribution in [1.82, 2.24) is 5.32 Å². The summed E-state index contributed by atoms with van der Waals surface area (Å²) >= 11 is 0. The van der Waals surface area contributed by atoms with Crippen molar-refractivity contribution in [2.24, 2.45) is 0 Å². The van der Waals surface area contributed by atoms with Gasteiger partial charge in [-0.1, -0.05) is 6.07 Å². The first-order valence-corrected chi connectivity index (χ1v) is 8.59. The molecule has 2 heterocycles. The van der Waals surface area contributed by atoms with E-state index in [1.165, 1.54) is 12.0 Å². The first-order chi connectivity index (χ1) is 11.3. The molecule has 1 N–H and O–H groups in total. The lowest BCUT2D eigenvalue weighted by atomic mass is 10.2. The summed E-state index contributed by atoms with van der Waals surface area (Å²) < 4.78 is 22.5. The minimum Gasteiger partial charge on any atom is -0.493 e. The van der Waals surface area contributed by atoms with Crippen LogP contribution in [0.3, 0.4) is 0 Å². The normalized spacial score (nSPS) is 24.0. The maximum atomic E-state index is 5.86. The van der Waals surface area contributed by atoms with Gasteiger partial charge < -0.3 is 24.3 Å². The molecule has 0 spiro atoms. The van der Waals surface area contributed by atoms with Gasteiger partial charge in [0.15, 0.2) is 11.5 Å². The van der Waals surface area contributed by atoms with Gasteiger partial charge in [0.25, 0.3) is 0 Å². The molecule has 2 atom stereocenters. The molecule has 5 heteroatoms. The van der Waals surface area contributed by atoms with Gasteiger partial charge >= 0.3 is 0 Å². The first-order valence-electron chi connectivity index (χ1n) is 8.59. The summed E-state index contributed by atoms with van der Waals surface area (Å²) in [5.41, 5.74) is 1.18. The lowest BCUT2D eigenvalue weighted by molar-refractivity contribution is 0.0669. The van der Waals surface area contributed by atoms with Crippen LogP contribution in [0.4, 0.5) is 0 Å². The fourth-order valence-corrected chi connectivity index (χ4v) is 3.08. The number of benzene rings is 1. The number of rotatable bonds is 8. The molecular formula is C18H27NO4. The van der Waals surface area contributed by atoms with Gasteiger partial charge in [0.05, 0.1) is 19.3 Å². The summed E-state index contributed by atoms with van der Waals surface area (Å²) in [6.45, 7) is 4.05. The fraction of sp³-hybridized carbons (Fsp3) is 0.667. The van der Waals surface area contributed by atoms with Gasteiger partial charge in [-0.3, -0.25) is 0 Å². The molecule has 2 unspecified atom stereocenters. The Bertz CT molecular complexity index is 482. The zero-order chi connectivity index (χ0) is 15.9. The van der Waals surface area contributed by atoms with Crippen molar-refractivity contribution in [3.05, 3.63) is 23.8 Å². The van der Waals surface area contributed by atoms with Gasteiger partial charge in [-0.2, -0.15) is 0 Å². The Morgan fingerprint density at radius 2 is 1.87 bits per heavy atom. The molecule has 2 saturated heterocycles. The minimum absolute atomic E-state index is 0.215. The van der Waals surface area contributed by atoms with Crippen molar-refractivity contribution in [2.45, 2.75) is 44.4 Å². The zero-order valence-corrected chi connectivity index (χ0v) is 13.9. The Morgan fingerprint density at radius 1 is 1.09 bits per heavy atom. The Balaban J connectivity index is 1.48. The van der Waals surface area contributed by atoms with Gasteiger partial charge in [-0.15, -0.1) is 0 Å². The summed E-state index contributed by atoms with van der Waals surface area (Å²) in [5, 5.41) is 3.45. The van der Waals surface area contributed by atoms with Crippen molar-refractivity contribution in [3.63, 3.8) is 0 Å². The fourth-order valence-electron chi connectivity index (χ4n) is 3.08. The van der Waals surface area contributed by atoms with E-state index in [0.29, 0.717) is 12.7 Å². The van der Waals surface area contributed by atoms with E-state index in [1.54, 1.807) is 7.11 Å². The highest BCUT2D eigenvalue weighted by atomic mass is 16.5. The van der Waals surface area contributed by atoms with Crippen LogP contribution >= 0.6 is 0 Å². The van der Waals surface area contributed by atoms with E-state index in [9.17, 15) is 0 Å². The molecule has 128 valence electrons. The second-order valence-electron chi connectivity index (χ2n) is 6.20. The predicted molar refractivity (Wildman–Crippen MR) is 88.1 cm³/mol. The summed E-state index contributed by atoms with van der Waals surface area (Å²) in [5.74, 6) is 1.56. The molecule has 23 heavy (non-hydrogen) atoms. The van der Waals surface area contributed by atoms with Crippen molar-refractivity contribution >= 4 is 0 Å². The monoisotopic (exact) mass is 321 g/mol. The number of hydrogen-bond acceptors (Lipinski definition) is 5. The second kappa shape index (κ2) is 8.52. The average Bonchev–Trinajstić information content (AvgIpc) is 3.27. The molecule has 2 aliphatic heterocycles. The third-order valence-electron chi connectivity index (χ3n) is 4.40. The van der Waals surface area contributed by atoms with E-state index in [4.69, 9.17) is 18.9 Å². The summed E-state index contributed by atoms with van der Waals surface area (Å²) in [6.07, 6.45) is 5.12. The van der Waals surface area contributed by atoms with Crippen LogP contribution in [-0.4, -0.2) is 45.7 Å². The second-order valence-corrected chi connectivity index (χ2v) is 6.20. The molecule has 0 bridgehead atoms. The molecule has 3 rings (SSSR count). The molecule has 1 aromatic rings. The highest BCUT2D eigenvalue weighted by Crippen LogP contribution is 2.29. The van der Waals surface area contributed by atoms with Crippen LogP contribution in [0.1, 0.15) is 31.2 Å². The van der Waals surface area contributed by atoms with E-state index in [0.717, 1.165) is 57.1 Å². The molecule has 0 saturated carbocycles. The SMILES string of the molecule is COc1cc(CNCC2CCCO2)ccc1OCC1CCCO1. The Hall–Kier alpha value is -1.30. The predicted octanol–water partition coefficient (Wildman–Crippen LogP) is 2.52. The van der Waals surface area contributed by atoms with E-state index < -0.39 is 0 Å². The molecule has 0 amide bonds. The Kier molecular flexibility index (Phi) is 6.13. The third kappa shape index (κ3) is 4.83. The highest BCUT2D eigenvalue weighted by Gasteiger charge is 2.17. The van der Waals surface area contributed by atoms with Crippen LogP contribution < -0.4 is 14.8 Å². The van der Waals surface area contributed by atoms with Crippen molar-refractivity contribution in [2.75, 3.05) is 33.5 Å². The molecule has 0 radical (unpaired) electrons. The van der Waals surface area contributed by atoms with Gasteiger partial charge in [-0.25, -0.2) is 0 Å². The summed E-state index contributed by atoms with van der Waals surface area (Å²) in [6, 6.07) is 6.10. The molecule has 2 aliphatic rings. The van der Waals surface area contributed by atoms with Crippen molar-refractivity contribution < 1.29 is 18.9 Å². The van der Waals surface area contributed by atoms with Crippen LogP contribution in [0, 0.1) is 0 Å². The van der Waals surface area contributed by atoms with E-state index in [-0.39, 0.29) is 6.10 Å². The topological polar surface area (TPSA) is 49.0 Å².